The molecule has 0 aliphatic heterocycles. The van der Waals surface area contributed by atoms with Gasteiger partial charge in [0.2, 0.25) is 0 Å². The van der Waals surface area contributed by atoms with Gasteiger partial charge in [-0.05, 0) is 49.4 Å². The largest absolute Gasteiger partial charge is 0.446 e. The lowest BCUT2D eigenvalue weighted by Gasteiger charge is -2.08. The topological polar surface area (TPSA) is 55.1 Å². The van der Waals surface area contributed by atoms with Crippen molar-refractivity contribution in [1.82, 2.24) is 5.32 Å². The maximum absolute atomic E-state index is 12.1. The first-order valence-corrected chi connectivity index (χ1v) is 6.49. The maximum Gasteiger partial charge on any atom is 0.446 e. The molecule has 0 heterocycles. The summed E-state index contributed by atoms with van der Waals surface area (Å²) >= 11 is -0.205. The average molecular weight is 292 g/mol. The van der Waals surface area contributed by atoms with Crippen molar-refractivity contribution in [2.75, 3.05) is 6.54 Å². The predicted octanol–water partition coefficient (Wildman–Crippen LogP) is 2.77. The van der Waals surface area contributed by atoms with Crippen LogP contribution in [0.25, 0.3) is 0 Å². The third-order valence-electron chi connectivity index (χ3n) is 2.24. The van der Waals surface area contributed by atoms with Crippen molar-refractivity contribution in [2.45, 2.75) is 29.8 Å². The first-order valence-electron chi connectivity index (χ1n) is 5.67. The van der Waals surface area contributed by atoms with Gasteiger partial charge in [-0.3, -0.25) is 4.79 Å². The molecule has 1 atom stereocenters. The van der Waals surface area contributed by atoms with Crippen LogP contribution in [0.15, 0.2) is 29.2 Å². The number of thioether (sulfide) groups is 1. The number of amides is 1. The van der Waals surface area contributed by atoms with E-state index in [1.165, 1.54) is 24.3 Å². The SMILES string of the molecule is CC(N)CCNC(=O)c1ccc(SC(F)(F)F)cc1. The lowest BCUT2D eigenvalue weighted by molar-refractivity contribution is -0.0328. The third-order valence-corrected chi connectivity index (χ3v) is 2.97. The van der Waals surface area contributed by atoms with Crippen LogP contribution < -0.4 is 11.1 Å². The maximum atomic E-state index is 12.1. The molecule has 0 spiro atoms. The molecule has 3 nitrogen and oxygen atoms in total. The van der Waals surface area contributed by atoms with E-state index in [9.17, 15) is 18.0 Å². The smallest absolute Gasteiger partial charge is 0.352 e. The van der Waals surface area contributed by atoms with Crippen molar-refractivity contribution >= 4 is 17.7 Å². The zero-order chi connectivity index (χ0) is 14.5. The molecule has 1 aromatic rings. The number of nitrogens with two attached hydrogens (primary N) is 1. The number of alkyl halides is 3. The number of nitrogens with one attached hydrogen (secondary N) is 1. The van der Waals surface area contributed by atoms with Crippen molar-refractivity contribution in [3.05, 3.63) is 29.8 Å². The van der Waals surface area contributed by atoms with Crippen LogP contribution in [0.5, 0.6) is 0 Å². The number of benzene rings is 1. The molecular weight excluding hydrogens is 277 g/mol. The van der Waals surface area contributed by atoms with Crippen LogP contribution in [0.2, 0.25) is 0 Å². The molecule has 0 saturated carbocycles. The van der Waals surface area contributed by atoms with Gasteiger partial charge in [-0.2, -0.15) is 13.2 Å². The van der Waals surface area contributed by atoms with Gasteiger partial charge in [0, 0.05) is 23.0 Å². The molecule has 106 valence electrons. The highest BCUT2D eigenvalue weighted by molar-refractivity contribution is 8.00. The predicted molar refractivity (Wildman–Crippen MR) is 69.0 cm³/mol. The van der Waals surface area contributed by atoms with Gasteiger partial charge in [0.15, 0.2) is 0 Å². The first-order chi connectivity index (χ1) is 8.78. The second kappa shape index (κ2) is 6.81. The molecule has 0 bridgehead atoms. The number of carbonyl (C=O) groups excluding carboxylic acids is 1. The molecule has 1 unspecified atom stereocenters. The number of carbonyl (C=O) groups is 1. The Morgan fingerprint density at radius 2 is 1.95 bits per heavy atom. The van der Waals surface area contributed by atoms with E-state index >= 15 is 0 Å². The van der Waals surface area contributed by atoms with Gasteiger partial charge in [0.1, 0.15) is 0 Å². The molecule has 0 aliphatic carbocycles. The van der Waals surface area contributed by atoms with Crippen LogP contribution in [0.3, 0.4) is 0 Å². The second-order valence-electron chi connectivity index (χ2n) is 4.09. The van der Waals surface area contributed by atoms with Gasteiger partial charge in [-0.25, -0.2) is 0 Å². The van der Waals surface area contributed by atoms with Gasteiger partial charge in [0.25, 0.3) is 5.91 Å². The summed E-state index contributed by atoms with van der Waals surface area (Å²) in [6.45, 7) is 2.27. The van der Waals surface area contributed by atoms with Crippen molar-refractivity contribution in [1.29, 1.82) is 0 Å². The molecule has 7 heteroatoms. The minimum Gasteiger partial charge on any atom is -0.352 e. The van der Waals surface area contributed by atoms with Crippen molar-refractivity contribution in [2.24, 2.45) is 5.73 Å². The first kappa shape index (κ1) is 15.8. The van der Waals surface area contributed by atoms with E-state index in [2.05, 4.69) is 5.32 Å². The summed E-state index contributed by atoms with van der Waals surface area (Å²) in [6, 6.07) is 5.29. The zero-order valence-corrected chi connectivity index (χ0v) is 11.1. The van der Waals surface area contributed by atoms with E-state index in [0.717, 1.165) is 0 Å². The Kier molecular flexibility index (Phi) is 5.68. The van der Waals surface area contributed by atoms with Crippen LogP contribution in [0.4, 0.5) is 13.2 Å². The van der Waals surface area contributed by atoms with E-state index in [-0.39, 0.29) is 28.6 Å². The standard InChI is InChI=1S/C12H15F3N2OS/c1-8(16)6-7-17-11(18)9-2-4-10(5-3-9)19-12(13,14)15/h2-5,8H,6-7,16H2,1H3,(H,17,18). The van der Waals surface area contributed by atoms with Gasteiger partial charge >= 0.3 is 5.51 Å². The average Bonchev–Trinajstić information content (AvgIpc) is 2.27. The summed E-state index contributed by atoms with van der Waals surface area (Å²) in [5, 5.41) is 2.65. The summed E-state index contributed by atoms with van der Waals surface area (Å²) in [4.78, 5) is 11.7. The highest BCUT2D eigenvalue weighted by Crippen LogP contribution is 2.36. The Morgan fingerprint density at radius 3 is 2.42 bits per heavy atom. The molecule has 1 amide bonds. The van der Waals surface area contributed by atoms with Crippen LogP contribution in [-0.4, -0.2) is 24.0 Å². The van der Waals surface area contributed by atoms with Crippen LogP contribution in [0, 0.1) is 0 Å². The van der Waals surface area contributed by atoms with E-state index in [4.69, 9.17) is 5.73 Å². The molecule has 19 heavy (non-hydrogen) atoms. The molecular formula is C12H15F3N2OS. The lowest BCUT2D eigenvalue weighted by atomic mass is 10.2. The second-order valence-corrected chi connectivity index (χ2v) is 5.23. The van der Waals surface area contributed by atoms with Crippen molar-refractivity contribution in [3.63, 3.8) is 0 Å². The monoisotopic (exact) mass is 292 g/mol. The number of hydrogen-bond donors (Lipinski definition) is 2. The number of rotatable bonds is 5. The summed E-state index contributed by atoms with van der Waals surface area (Å²) in [5.74, 6) is -0.316. The fraction of sp³-hybridized carbons (Fsp3) is 0.417. The number of hydrogen-bond acceptors (Lipinski definition) is 3. The normalized spacial score (nSPS) is 13.1. The highest BCUT2D eigenvalue weighted by Gasteiger charge is 2.29. The number of halogens is 3. The molecule has 0 aromatic heterocycles. The molecule has 0 saturated heterocycles. The van der Waals surface area contributed by atoms with E-state index in [1.807, 2.05) is 6.92 Å². The molecule has 0 fully saturated rings. The van der Waals surface area contributed by atoms with Gasteiger partial charge in [0.05, 0.1) is 0 Å². The molecule has 1 aromatic carbocycles. The molecule has 0 radical (unpaired) electrons. The minimum atomic E-state index is -4.32. The summed E-state index contributed by atoms with van der Waals surface area (Å²) in [6.07, 6.45) is 0.647. The summed E-state index contributed by atoms with van der Waals surface area (Å²) in [7, 11) is 0. The summed E-state index contributed by atoms with van der Waals surface area (Å²) < 4.78 is 36.3. The quantitative estimate of drug-likeness (QED) is 0.821. The Bertz CT molecular complexity index is 418. The Morgan fingerprint density at radius 1 is 1.37 bits per heavy atom. The molecule has 1 rings (SSSR count). The fourth-order valence-corrected chi connectivity index (χ4v) is 1.86. The molecule has 3 N–H and O–H groups in total. The Balaban J connectivity index is 2.53. The van der Waals surface area contributed by atoms with Crippen LogP contribution >= 0.6 is 11.8 Å². The van der Waals surface area contributed by atoms with Gasteiger partial charge < -0.3 is 11.1 Å². The van der Waals surface area contributed by atoms with Crippen molar-refractivity contribution < 1.29 is 18.0 Å². The van der Waals surface area contributed by atoms with E-state index in [0.29, 0.717) is 18.5 Å². The Labute approximate surface area is 113 Å². The molecule has 0 aliphatic rings. The third kappa shape index (κ3) is 6.49. The summed E-state index contributed by atoms with van der Waals surface area (Å²) in [5.41, 5.74) is 1.55. The van der Waals surface area contributed by atoms with Crippen LogP contribution in [-0.2, 0) is 0 Å². The Hall–Kier alpha value is -1.21. The highest BCUT2D eigenvalue weighted by atomic mass is 32.2. The van der Waals surface area contributed by atoms with E-state index < -0.39 is 5.51 Å². The van der Waals surface area contributed by atoms with Crippen molar-refractivity contribution in [3.8, 4) is 0 Å². The van der Waals surface area contributed by atoms with Gasteiger partial charge in [-0.1, -0.05) is 0 Å². The van der Waals surface area contributed by atoms with Gasteiger partial charge in [-0.15, -0.1) is 0 Å². The zero-order valence-electron chi connectivity index (χ0n) is 10.3. The van der Waals surface area contributed by atoms with Crippen LogP contribution in [0.1, 0.15) is 23.7 Å². The van der Waals surface area contributed by atoms with E-state index in [1.54, 1.807) is 0 Å². The minimum absolute atomic E-state index is 0.00846. The lowest BCUT2D eigenvalue weighted by Crippen LogP contribution is -2.28. The fourth-order valence-electron chi connectivity index (χ4n) is 1.32.